The number of benzene rings is 2. The van der Waals surface area contributed by atoms with Crippen molar-refractivity contribution in [2.24, 2.45) is 5.41 Å². The van der Waals surface area contributed by atoms with E-state index in [-0.39, 0.29) is 16.7 Å². The predicted molar refractivity (Wildman–Crippen MR) is 97.4 cm³/mol. The van der Waals surface area contributed by atoms with E-state index in [2.05, 4.69) is 0 Å². The molecule has 2 aromatic rings. The van der Waals surface area contributed by atoms with Crippen LogP contribution in [0.2, 0.25) is 0 Å². The molecule has 0 atom stereocenters. The van der Waals surface area contributed by atoms with Crippen LogP contribution in [0.15, 0.2) is 53.4 Å². The number of sulfone groups is 1. The van der Waals surface area contributed by atoms with Crippen LogP contribution in [0.4, 0.5) is 11.4 Å². The topological polar surface area (TPSA) is 74.8 Å². The van der Waals surface area contributed by atoms with Crippen molar-refractivity contribution >= 4 is 33.0 Å². The summed E-state index contributed by atoms with van der Waals surface area (Å²) in [4.78, 5) is 26.1. The highest BCUT2D eigenvalue weighted by Gasteiger charge is 2.66. The zero-order valence-corrected chi connectivity index (χ0v) is 15.3. The van der Waals surface area contributed by atoms with Gasteiger partial charge >= 0.3 is 0 Å². The maximum Gasteiger partial charge on any atom is 0.261 e. The molecule has 7 heteroatoms. The lowest BCUT2D eigenvalue weighted by atomic mass is 10.1. The number of amides is 2. The third-order valence-electron chi connectivity index (χ3n) is 4.94. The number of hydrogen-bond donors (Lipinski definition) is 0. The highest BCUT2D eigenvalue weighted by atomic mass is 32.2. The average Bonchev–Trinajstić information content (AvgIpc) is 3.37. The number of carbonyl (C=O) groups is 2. The van der Waals surface area contributed by atoms with Gasteiger partial charge in [-0.05, 0) is 56.2 Å². The van der Waals surface area contributed by atoms with Crippen LogP contribution in [-0.2, 0) is 19.4 Å². The summed E-state index contributed by atoms with van der Waals surface area (Å²) in [5.74, 6) is -0.478. The molecule has 4 rings (SSSR count). The van der Waals surface area contributed by atoms with Gasteiger partial charge in [-0.2, -0.15) is 0 Å². The molecule has 0 N–H and O–H groups in total. The average molecular weight is 370 g/mol. The Kier molecular flexibility index (Phi) is 3.49. The predicted octanol–water partition coefficient (Wildman–Crippen LogP) is 2.47. The van der Waals surface area contributed by atoms with E-state index in [0.717, 1.165) is 11.8 Å². The number of aryl methyl sites for hydroxylation is 1. The van der Waals surface area contributed by atoms with Crippen LogP contribution in [0.3, 0.4) is 0 Å². The van der Waals surface area contributed by atoms with E-state index in [1.165, 1.54) is 22.2 Å². The van der Waals surface area contributed by atoms with E-state index in [0.29, 0.717) is 24.2 Å². The summed E-state index contributed by atoms with van der Waals surface area (Å²) in [6.45, 7) is 1.95. The van der Waals surface area contributed by atoms with E-state index in [9.17, 15) is 18.0 Å². The van der Waals surface area contributed by atoms with Crippen molar-refractivity contribution in [1.82, 2.24) is 0 Å². The fourth-order valence-electron chi connectivity index (χ4n) is 3.22. The first-order valence-electron chi connectivity index (χ1n) is 8.30. The van der Waals surface area contributed by atoms with Gasteiger partial charge in [0.05, 0.1) is 16.3 Å². The monoisotopic (exact) mass is 370 g/mol. The molecular formula is C19H18N2O4S. The highest BCUT2D eigenvalue weighted by molar-refractivity contribution is 7.90. The first kappa shape index (κ1) is 16.8. The SMILES string of the molecule is Cc1ccc(N2C(=O)C3(CC3)C(=O)N2c2ccc(S(C)(=O)=O)cc2)cc1. The number of anilines is 2. The molecule has 1 saturated carbocycles. The summed E-state index contributed by atoms with van der Waals surface area (Å²) in [5.41, 5.74) is 1.18. The molecule has 2 amide bonds. The van der Waals surface area contributed by atoms with Crippen LogP contribution in [0, 0.1) is 12.3 Å². The molecule has 0 unspecified atom stereocenters. The van der Waals surface area contributed by atoms with Crippen LogP contribution in [-0.4, -0.2) is 26.5 Å². The van der Waals surface area contributed by atoms with E-state index in [1.54, 1.807) is 24.3 Å². The summed E-state index contributed by atoms with van der Waals surface area (Å²) >= 11 is 0. The van der Waals surface area contributed by atoms with Crippen LogP contribution in [0.1, 0.15) is 18.4 Å². The Morgan fingerprint density at radius 2 is 1.23 bits per heavy atom. The quantitative estimate of drug-likeness (QED) is 0.778. The minimum Gasteiger partial charge on any atom is -0.271 e. The number of hydrogen-bond acceptors (Lipinski definition) is 4. The van der Waals surface area contributed by atoms with E-state index in [1.807, 2.05) is 19.1 Å². The molecule has 1 heterocycles. The summed E-state index contributed by atoms with van der Waals surface area (Å²) in [6, 6.07) is 13.4. The number of nitrogens with zero attached hydrogens (tertiary/aromatic N) is 2. The van der Waals surface area contributed by atoms with Gasteiger partial charge in [-0.15, -0.1) is 0 Å². The Bertz CT molecular complexity index is 1010. The molecule has 2 fully saturated rings. The lowest BCUT2D eigenvalue weighted by molar-refractivity contribution is -0.128. The first-order chi connectivity index (χ1) is 12.2. The van der Waals surface area contributed by atoms with Gasteiger partial charge in [-0.25, -0.2) is 18.4 Å². The second-order valence-electron chi connectivity index (χ2n) is 6.92. The fourth-order valence-corrected chi connectivity index (χ4v) is 3.85. The molecule has 0 radical (unpaired) electrons. The minimum absolute atomic E-state index is 0.169. The molecule has 1 saturated heterocycles. The van der Waals surface area contributed by atoms with Crippen LogP contribution in [0.5, 0.6) is 0 Å². The van der Waals surface area contributed by atoms with Crippen LogP contribution >= 0.6 is 0 Å². The highest BCUT2D eigenvalue weighted by Crippen LogP contribution is 2.54. The molecule has 0 bridgehead atoms. The number of rotatable bonds is 3. The van der Waals surface area contributed by atoms with Gasteiger partial charge in [0.15, 0.2) is 9.84 Å². The number of hydrazine groups is 1. The van der Waals surface area contributed by atoms with Crippen molar-refractivity contribution in [3.63, 3.8) is 0 Å². The van der Waals surface area contributed by atoms with E-state index >= 15 is 0 Å². The lowest BCUT2D eigenvalue weighted by Gasteiger charge is -2.28. The van der Waals surface area contributed by atoms with Gasteiger partial charge < -0.3 is 0 Å². The Balaban J connectivity index is 1.80. The van der Waals surface area contributed by atoms with Gasteiger partial charge in [-0.1, -0.05) is 17.7 Å². The van der Waals surface area contributed by atoms with Gasteiger partial charge in [0, 0.05) is 6.26 Å². The largest absolute Gasteiger partial charge is 0.271 e. The maximum absolute atomic E-state index is 13.0. The van der Waals surface area contributed by atoms with Crippen molar-refractivity contribution in [1.29, 1.82) is 0 Å². The number of carbonyl (C=O) groups excluding carboxylic acids is 2. The second-order valence-corrected chi connectivity index (χ2v) is 8.93. The molecule has 0 aromatic heterocycles. The second kappa shape index (κ2) is 5.41. The Morgan fingerprint density at radius 3 is 1.62 bits per heavy atom. The smallest absolute Gasteiger partial charge is 0.261 e. The molecule has 26 heavy (non-hydrogen) atoms. The zero-order valence-electron chi connectivity index (χ0n) is 14.5. The van der Waals surface area contributed by atoms with Crippen molar-refractivity contribution in [2.75, 3.05) is 16.3 Å². The van der Waals surface area contributed by atoms with E-state index < -0.39 is 15.3 Å². The standard InChI is InChI=1S/C19H18N2O4S/c1-13-3-5-14(6-4-13)20-17(22)19(11-12-19)18(23)21(20)15-7-9-16(10-8-15)26(2,24)25/h3-10H,11-12H2,1-2H3. The van der Waals surface area contributed by atoms with E-state index in [4.69, 9.17) is 0 Å². The minimum atomic E-state index is -3.33. The summed E-state index contributed by atoms with van der Waals surface area (Å²) in [5, 5.41) is 2.77. The van der Waals surface area contributed by atoms with Gasteiger partial charge in [0.1, 0.15) is 5.41 Å². The molecular weight excluding hydrogens is 352 g/mol. The Labute approximate surface area is 151 Å². The molecule has 1 spiro atoms. The van der Waals surface area contributed by atoms with Crippen molar-refractivity contribution in [2.45, 2.75) is 24.7 Å². The Morgan fingerprint density at radius 1 is 0.808 bits per heavy atom. The van der Waals surface area contributed by atoms with Crippen LogP contribution < -0.4 is 10.0 Å². The summed E-state index contributed by atoms with van der Waals surface area (Å²) < 4.78 is 23.3. The maximum atomic E-state index is 13.0. The zero-order chi connectivity index (χ0) is 18.7. The molecule has 6 nitrogen and oxygen atoms in total. The molecule has 134 valence electrons. The molecule has 1 aliphatic heterocycles. The van der Waals surface area contributed by atoms with Crippen molar-refractivity contribution in [3.05, 3.63) is 54.1 Å². The van der Waals surface area contributed by atoms with Crippen molar-refractivity contribution in [3.8, 4) is 0 Å². The summed E-state index contributed by atoms with van der Waals surface area (Å²) in [6.07, 6.45) is 2.22. The first-order valence-corrected chi connectivity index (χ1v) is 10.2. The Hall–Kier alpha value is -2.67. The van der Waals surface area contributed by atoms with Gasteiger partial charge in [0.25, 0.3) is 11.8 Å². The molecule has 2 aromatic carbocycles. The van der Waals surface area contributed by atoms with Gasteiger partial charge in [0.2, 0.25) is 0 Å². The lowest BCUT2D eigenvalue weighted by Crippen LogP contribution is -2.41. The molecule has 2 aliphatic rings. The molecule has 1 aliphatic carbocycles. The summed E-state index contributed by atoms with van der Waals surface area (Å²) in [7, 11) is -3.33. The van der Waals surface area contributed by atoms with Crippen LogP contribution in [0.25, 0.3) is 0 Å². The normalized spacial score (nSPS) is 18.7. The third-order valence-corrected chi connectivity index (χ3v) is 6.07. The fraction of sp³-hybridized carbons (Fsp3) is 0.263. The van der Waals surface area contributed by atoms with Crippen molar-refractivity contribution < 1.29 is 18.0 Å². The third kappa shape index (κ3) is 2.42. The van der Waals surface area contributed by atoms with Gasteiger partial charge in [-0.3, -0.25) is 9.59 Å².